The third-order valence-corrected chi connectivity index (χ3v) is 5.60. The van der Waals surface area contributed by atoms with E-state index in [2.05, 4.69) is 25.2 Å². The molecule has 2 aromatic heterocycles. The van der Waals surface area contributed by atoms with Crippen LogP contribution in [0.5, 0.6) is 0 Å². The lowest BCUT2D eigenvalue weighted by Crippen LogP contribution is -2.49. The first-order chi connectivity index (χ1) is 15.5. The van der Waals surface area contributed by atoms with Gasteiger partial charge in [0.1, 0.15) is 29.1 Å². The highest BCUT2D eigenvalue weighted by Crippen LogP contribution is 2.21. The number of hydrogen-bond acceptors (Lipinski definition) is 6. The van der Waals surface area contributed by atoms with Crippen LogP contribution in [-0.2, 0) is 11.2 Å². The smallest absolute Gasteiger partial charge is 0.223 e. The molecule has 1 fully saturated rings. The molecule has 166 valence electrons. The number of aryl methyl sites for hydroxylation is 2. The van der Waals surface area contributed by atoms with Crippen LogP contribution in [0.1, 0.15) is 17.8 Å². The number of rotatable bonds is 6. The number of piperazine rings is 1. The number of anilines is 3. The zero-order valence-corrected chi connectivity index (χ0v) is 18.5. The molecule has 1 N–H and O–H groups in total. The number of nitrogens with one attached hydrogen (secondary N) is 1. The summed E-state index contributed by atoms with van der Waals surface area (Å²) in [5.41, 5.74) is 0.854. The molecule has 0 atom stereocenters. The van der Waals surface area contributed by atoms with Crippen molar-refractivity contribution in [2.45, 2.75) is 19.8 Å². The second kappa shape index (κ2) is 9.91. The van der Waals surface area contributed by atoms with E-state index in [0.29, 0.717) is 50.7 Å². The van der Waals surface area contributed by atoms with Gasteiger partial charge in [-0.05, 0) is 43.2 Å². The van der Waals surface area contributed by atoms with E-state index >= 15 is 0 Å². The van der Waals surface area contributed by atoms with Gasteiger partial charge in [0.15, 0.2) is 0 Å². The summed E-state index contributed by atoms with van der Waals surface area (Å²) in [4.78, 5) is 29.9. The van der Waals surface area contributed by atoms with Crippen molar-refractivity contribution in [1.29, 1.82) is 0 Å². The van der Waals surface area contributed by atoms with Gasteiger partial charge >= 0.3 is 0 Å². The van der Waals surface area contributed by atoms with E-state index in [1.807, 2.05) is 36.1 Å². The topological polar surface area (TPSA) is 74.2 Å². The van der Waals surface area contributed by atoms with E-state index in [-0.39, 0.29) is 10.9 Å². The molecule has 0 radical (unpaired) electrons. The second-order valence-corrected chi connectivity index (χ2v) is 8.02. The Balaban J connectivity index is 1.33. The lowest BCUT2D eigenvalue weighted by molar-refractivity contribution is -0.131. The van der Waals surface area contributed by atoms with Crippen molar-refractivity contribution >= 4 is 35.0 Å². The van der Waals surface area contributed by atoms with E-state index < -0.39 is 5.82 Å². The number of pyridine rings is 1. The monoisotopic (exact) mass is 454 g/mol. The third-order valence-electron chi connectivity index (χ3n) is 5.31. The zero-order valence-electron chi connectivity index (χ0n) is 17.8. The molecule has 4 rings (SSSR count). The van der Waals surface area contributed by atoms with Gasteiger partial charge in [-0.25, -0.2) is 19.3 Å². The maximum atomic E-state index is 13.3. The van der Waals surface area contributed by atoms with Gasteiger partial charge in [0.25, 0.3) is 0 Å². The Bertz CT molecular complexity index is 1090. The van der Waals surface area contributed by atoms with Crippen molar-refractivity contribution in [1.82, 2.24) is 19.9 Å². The van der Waals surface area contributed by atoms with E-state index in [1.54, 1.807) is 18.3 Å². The molecule has 0 saturated carbocycles. The number of nitrogens with zero attached hydrogens (tertiary/aromatic N) is 5. The minimum Gasteiger partial charge on any atom is -0.353 e. The lowest BCUT2D eigenvalue weighted by atomic mass is 10.1. The SMILES string of the molecule is Cc1nc(Nc2ccccn2)cc(N2CCN(C(=O)CCc3ccc(F)c(Cl)c3)CC2)n1. The summed E-state index contributed by atoms with van der Waals surface area (Å²) in [6, 6.07) is 12.1. The van der Waals surface area contributed by atoms with Crippen molar-refractivity contribution in [3.05, 3.63) is 70.9 Å². The van der Waals surface area contributed by atoms with Gasteiger partial charge < -0.3 is 15.1 Å². The normalized spacial score (nSPS) is 13.8. The summed E-state index contributed by atoms with van der Waals surface area (Å²) in [6.45, 7) is 4.47. The van der Waals surface area contributed by atoms with Crippen molar-refractivity contribution < 1.29 is 9.18 Å². The average molecular weight is 455 g/mol. The summed E-state index contributed by atoms with van der Waals surface area (Å²) < 4.78 is 13.3. The van der Waals surface area contributed by atoms with Gasteiger partial charge in [0.05, 0.1) is 5.02 Å². The molecule has 0 aliphatic carbocycles. The Hall–Kier alpha value is -3.26. The summed E-state index contributed by atoms with van der Waals surface area (Å²) >= 11 is 5.83. The summed E-state index contributed by atoms with van der Waals surface area (Å²) in [6.07, 6.45) is 2.62. The van der Waals surface area contributed by atoms with E-state index in [9.17, 15) is 9.18 Å². The largest absolute Gasteiger partial charge is 0.353 e. The molecule has 9 heteroatoms. The number of carbonyl (C=O) groups is 1. The number of benzene rings is 1. The summed E-state index contributed by atoms with van der Waals surface area (Å²) in [7, 11) is 0. The van der Waals surface area contributed by atoms with Crippen LogP contribution in [0.2, 0.25) is 5.02 Å². The van der Waals surface area contributed by atoms with E-state index in [1.165, 1.54) is 6.07 Å². The summed E-state index contributed by atoms with van der Waals surface area (Å²) in [5.74, 6) is 2.52. The minimum absolute atomic E-state index is 0.0839. The van der Waals surface area contributed by atoms with Gasteiger partial charge in [0, 0.05) is 44.9 Å². The highest BCUT2D eigenvalue weighted by molar-refractivity contribution is 6.30. The Labute approximate surface area is 191 Å². The maximum absolute atomic E-state index is 13.3. The molecule has 1 saturated heterocycles. The Morgan fingerprint density at radius 3 is 2.62 bits per heavy atom. The van der Waals surface area contributed by atoms with Crippen LogP contribution >= 0.6 is 11.6 Å². The first-order valence-corrected chi connectivity index (χ1v) is 10.9. The molecule has 1 aromatic carbocycles. The number of halogens is 2. The van der Waals surface area contributed by atoms with Crippen molar-refractivity contribution in [3.8, 4) is 0 Å². The van der Waals surface area contributed by atoms with E-state index in [0.717, 1.165) is 17.2 Å². The number of aromatic nitrogens is 3. The Morgan fingerprint density at radius 2 is 1.91 bits per heavy atom. The third kappa shape index (κ3) is 5.50. The maximum Gasteiger partial charge on any atom is 0.223 e. The van der Waals surface area contributed by atoms with Gasteiger partial charge in [-0.1, -0.05) is 23.7 Å². The van der Waals surface area contributed by atoms with E-state index in [4.69, 9.17) is 11.6 Å². The predicted octanol–water partition coefficient (Wildman–Crippen LogP) is 4.00. The highest BCUT2D eigenvalue weighted by atomic mass is 35.5. The fraction of sp³-hybridized carbons (Fsp3) is 0.304. The average Bonchev–Trinajstić information content (AvgIpc) is 2.80. The van der Waals surface area contributed by atoms with Crippen LogP contribution in [0.25, 0.3) is 0 Å². The number of carbonyl (C=O) groups excluding carboxylic acids is 1. The zero-order chi connectivity index (χ0) is 22.5. The number of hydrogen-bond donors (Lipinski definition) is 1. The van der Waals surface area contributed by atoms with Gasteiger partial charge in [-0.2, -0.15) is 0 Å². The van der Waals surface area contributed by atoms with Crippen LogP contribution < -0.4 is 10.2 Å². The second-order valence-electron chi connectivity index (χ2n) is 7.61. The van der Waals surface area contributed by atoms with Gasteiger partial charge in [-0.3, -0.25) is 4.79 Å². The van der Waals surface area contributed by atoms with Crippen molar-refractivity contribution in [2.24, 2.45) is 0 Å². The van der Waals surface area contributed by atoms with Crippen LogP contribution in [0.4, 0.5) is 21.8 Å². The molecule has 1 aliphatic heterocycles. The first kappa shape index (κ1) is 22.0. The van der Waals surface area contributed by atoms with Crippen molar-refractivity contribution in [2.75, 3.05) is 36.4 Å². The lowest BCUT2D eigenvalue weighted by Gasteiger charge is -2.35. The molecular formula is C23H24ClFN6O. The van der Waals surface area contributed by atoms with Crippen LogP contribution in [0.3, 0.4) is 0 Å². The molecule has 7 nitrogen and oxygen atoms in total. The molecule has 1 aliphatic rings. The number of amides is 1. The predicted molar refractivity (Wildman–Crippen MR) is 123 cm³/mol. The van der Waals surface area contributed by atoms with Crippen molar-refractivity contribution in [3.63, 3.8) is 0 Å². The molecule has 32 heavy (non-hydrogen) atoms. The molecule has 3 heterocycles. The quantitative estimate of drug-likeness (QED) is 0.607. The standard InChI is InChI=1S/C23H24ClFN6O/c1-16-27-21(29-20-4-2-3-9-26-20)15-22(28-16)30-10-12-31(13-11-30)23(32)8-6-17-5-7-19(25)18(24)14-17/h2-5,7,9,14-15H,6,8,10-13H2,1H3,(H,26,27,28,29). The van der Waals surface area contributed by atoms with Gasteiger partial charge in [-0.15, -0.1) is 0 Å². The molecule has 3 aromatic rings. The Kier molecular flexibility index (Phi) is 6.80. The Morgan fingerprint density at radius 1 is 1.09 bits per heavy atom. The van der Waals surface area contributed by atoms with Crippen LogP contribution in [0, 0.1) is 12.7 Å². The molecular weight excluding hydrogens is 431 g/mol. The van der Waals surface area contributed by atoms with Crippen LogP contribution in [0.15, 0.2) is 48.7 Å². The highest BCUT2D eigenvalue weighted by Gasteiger charge is 2.22. The molecule has 1 amide bonds. The molecule has 0 spiro atoms. The molecule has 0 bridgehead atoms. The van der Waals surface area contributed by atoms with Gasteiger partial charge in [0.2, 0.25) is 5.91 Å². The minimum atomic E-state index is -0.448. The van der Waals surface area contributed by atoms with Crippen LogP contribution in [-0.4, -0.2) is 51.9 Å². The summed E-state index contributed by atoms with van der Waals surface area (Å²) in [5, 5.41) is 3.29. The first-order valence-electron chi connectivity index (χ1n) is 10.5. The fourth-order valence-electron chi connectivity index (χ4n) is 3.64. The fourth-order valence-corrected chi connectivity index (χ4v) is 3.84. The molecule has 0 unspecified atom stereocenters.